The van der Waals surface area contributed by atoms with Gasteiger partial charge in [0.2, 0.25) is 5.91 Å². The number of methoxy groups -OCH3 is 1. The first-order valence-electron chi connectivity index (χ1n) is 10.9. The standard InChI is InChI=1S/C24H30FNO5S/c1-30-17-16-26(24(27)15-8-19-4-2-3-5-19)18-20-6-11-22(12-7-20)31-32(28,29)23-13-9-21(25)10-14-23/h6-7,9-14,19H,2-5,8,15-18H2,1H3. The maximum Gasteiger partial charge on any atom is 0.339 e. The van der Waals surface area contributed by atoms with Gasteiger partial charge < -0.3 is 13.8 Å². The van der Waals surface area contributed by atoms with E-state index in [0.29, 0.717) is 32.0 Å². The van der Waals surface area contributed by atoms with E-state index in [0.717, 1.165) is 36.2 Å². The molecular formula is C24H30FNO5S. The van der Waals surface area contributed by atoms with Gasteiger partial charge in [-0.1, -0.05) is 37.8 Å². The smallest absolute Gasteiger partial charge is 0.339 e. The molecule has 1 fully saturated rings. The number of rotatable bonds is 11. The van der Waals surface area contributed by atoms with Gasteiger partial charge in [-0.15, -0.1) is 0 Å². The highest BCUT2D eigenvalue weighted by Crippen LogP contribution is 2.29. The van der Waals surface area contributed by atoms with Crippen molar-refractivity contribution in [1.29, 1.82) is 0 Å². The van der Waals surface area contributed by atoms with Crippen LogP contribution in [-0.2, 0) is 26.2 Å². The predicted octanol–water partition coefficient (Wildman–Crippen LogP) is 4.54. The van der Waals surface area contributed by atoms with Gasteiger partial charge in [0.15, 0.2) is 0 Å². The molecule has 0 heterocycles. The van der Waals surface area contributed by atoms with Crippen LogP contribution >= 0.6 is 0 Å². The van der Waals surface area contributed by atoms with E-state index in [1.807, 2.05) is 0 Å². The fraction of sp³-hybridized carbons (Fsp3) is 0.458. The van der Waals surface area contributed by atoms with Crippen molar-refractivity contribution in [3.05, 3.63) is 59.9 Å². The molecular weight excluding hydrogens is 433 g/mol. The molecule has 0 bridgehead atoms. The Morgan fingerprint density at radius 2 is 1.72 bits per heavy atom. The predicted molar refractivity (Wildman–Crippen MR) is 119 cm³/mol. The first-order chi connectivity index (χ1) is 15.4. The van der Waals surface area contributed by atoms with Crippen LogP contribution in [-0.4, -0.2) is 39.5 Å². The zero-order chi connectivity index (χ0) is 23.0. The van der Waals surface area contributed by atoms with Crippen molar-refractivity contribution >= 4 is 16.0 Å². The molecule has 1 aliphatic carbocycles. The van der Waals surface area contributed by atoms with E-state index in [1.54, 1.807) is 36.3 Å². The zero-order valence-electron chi connectivity index (χ0n) is 18.3. The van der Waals surface area contributed by atoms with Crippen LogP contribution in [0.3, 0.4) is 0 Å². The van der Waals surface area contributed by atoms with E-state index in [1.165, 1.54) is 25.7 Å². The lowest BCUT2D eigenvalue weighted by molar-refractivity contribution is -0.132. The number of carbonyl (C=O) groups excluding carboxylic acids is 1. The van der Waals surface area contributed by atoms with Crippen molar-refractivity contribution < 1.29 is 26.5 Å². The Morgan fingerprint density at radius 1 is 1.06 bits per heavy atom. The van der Waals surface area contributed by atoms with Crippen LogP contribution in [0.5, 0.6) is 5.75 Å². The summed E-state index contributed by atoms with van der Waals surface area (Å²) in [5, 5.41) is 0. The van der Waals surface area contributed by atoms with Crippen LogP contribution < -0.4 is 4.18 Å². The lowest BCUT2D eigenvalue weighted by atomic mass is 10.0. The van der Waals surface area contributed by atoms with E-state index in [-0.39, 0.29) is 16.6 Å². The first kappa shape index (κ1) is 24.2. The normalized spacial score (nSPS) is 14.4. The number of carbonyl (C=O) groups is 1. The second kappa shape index (κ2) is 11.4. The molecule has 2 aromatic carbocycles. The molecule has 3 rings (SSSR count). The zero-order valence-corrected chi connectivity index (χ0v) is 19.2. The van der Waals surface area contributed by atoms with E-state index in [2.05, 4.69) is 0 Å². The van der Waals surface area contributed by atoms with Crippen molar-refractivity contribution in [2.24, 2.45) is 5.92 Å². The molecule has 0 aromatic heterocycles. The van der Waals surface area contributed by atoms with Crippen LogP contribution in [0.2, 0.25) is 0 Å². The van der Waals surface area contributed by atoms with Crippen LogP contribution in [0.25, 0.3) is 0 Å². The molecule has 6 nitrogen and oxygen atoms in total. The Morgan fingerprint density at radius 3 is 2.34 bits per heavy atom. The lowest BCUT2D eigenvalue weighted by Gasteiger charge is -2.23. The molecule has 0 spiro atoms. The molecule has 0 atom stereocenters. The third kappa shape index (κ3) is 7.03. The van der Waals surface area contributed by atoms with Crippen molar-refractivity contribution in [2.75, 3.05) is 20.3 Å². The highest BCUT2D eigenvalue weighted by molar-refractivity contribution is 7.87. The molecule has 2 aromatic rings. The molecule has 174 valence electrons. The van der Waals surface area contributed by atoms with Gasteiger partial charge in [0.05, 0.1) is 6.61 Å². The molecule has 1 saturated carbocycles. The fourth-order valence-corrected chi connectivity index (χ4v) is 4.86. The maximum atomic E-state index is 13.0. The van der Waals surface area contributed by atoms with Gasteiger partial charge in [0, 0.05) is 26.6 Å². The molecule has 0 unspecified atom stereocenters. The molecule has 1 aliphatic rings. The second-order valence-electron chi connectivity index (χ2n) is 8.13. The average Bonchev–Trinajstić information content (AvgIpc) is 3.30. The van der Waals surface area contributed by atoms with E-state index in [4.69, 9.17) is 8.92 Å². The van der Waals surface area contributed by atoms with Gasteiger partial charge in [0.1, 0.15) is 16.5 Å². The summed E-state index contributed by atoms with van der Waals surface area (Å²) in [5.74, 6) is 0.383. The number of halogens is 1. The van der Waals surface area contributed by atoms with E-state index in [9.17, 15) is 17.6 Å². The van der Waals surface area contributed by atoms with E-state index < -0.39 is 15.9 Å². The van der Waals surface area contributed by atoms with Crippen molar-refractivity contribution in [3.63, 3.8) is 0 Å². The molecule has 8 heteroatoms. The molecule has 0 N–H and O–H groups in total. The fourth-order valence-electron chi connectivity index (χ4n) is 3.93. The van der Waals surface area contributed by atoms with Crippen LogP contribution in [0.15, 0.2) is 53.4 Å². The van der Waals surface area contributed by atoms with Crippen molar-refractivity contribution in [3.8, 4) is 5.75 Å². The van der Waals surface area contributed by atoms with Crippen molar-refractivity contribution in [2.45, 2.75) is 50.0 Å². The topological polar surface area (TPSA) is 72.9 Å². The Labute approximate surface area is 189 Å². The Hall–Kier alpha value is -2.45. The summed E-state index contributed by atoms with van der Waals surface area (Å²) < 4.78 is 48.0. The number of benzene rings is 2. The molecule has 1 amide bonds. The minimum Gasteiger partial charge on any atom is -0.383 e. The highest BCUT2D eigenvalue weighted by Gasteiger charge is 2.20. The second-order valence-corrected chi connectivity index (χ2v) is 9.68. The minimum atomic E-state index is -4.05. The van der Waals surface area contributed by atoms with Gasteiger partial charge in [-0.2, -0.15) is 8.42 Å². The van der Waals surface area contributed by atoms with Gasteiger partial charge in [0.25, 0.3) is 0 Å². The van der Waals surface area contributed by atoms with Gasteiger partial charge in [-0.05, 0) is 54.3 Å². The summed E-state index contributed by atoms with van der Waals surface area (Å²) in [6.07, 6.45) is 6.41. The summed E-state index contributed by atoms with van der Waals surface area (Å²) in [6.45, 7) is 1.36. The number of nitrogens with zero attached hydrogens (tertiary/aromatic N) is 1. The lowest BCUT2D eigenvalue weighted by Crippen LogP contribution is -2.33. The number of amides is 1. The van der Waals surface area contributed by atoms with Gasteiger partial charge in [-0.25, -0.2) is 4.39 Å². The monoisotopic (exact) mass is 463 g/mol. The highest BCUT2D eigenvalue weighted by atomic mass is 32.2. The Bertz CT molecular complexity index is 970. The SMILES string of the molecule is COCCN(Cc1ccc(OS(=O)(=O)c2ccc(F)cc2)cc1)C(=O)CCC1CCCC1. The molecule has 0 saturated heterocycles. The average molecular weight is 464 g/mol. The Balaban J connectivity index is 1.60. The Kier molecular flexibility index (Phi) is 8.64. The third-order valence-electron chi connectivity index (χ3n) is 5.76. The summed E-state index contributed by atoms with van der Waals surface area (Å²) >= 11 is 0. The van der Waals surface area contributed by atoms with Crippen LogP contribution in [0, 0.1) is 11.7 Å². The summed E-state index contributed by atoms with van der Waals surface area (Å²) in [4.78, 5) is 14.4. The number of hydrogen-bond donors (Lipinski definition) is 0. The first-order valence-corrected chi connectivity index (χ1v) is 12.3. The summed E-state index contributed by atoms with van der Waals surface area (Å²) in [7, 11) is -2.45. The summed E-state index contributed by atoms with van der Waals surface area (Å²) in [5.41, 5.74) is 0.863. The minimum absolute atomic E-state index is 0.105. The van der Waals surface area contributed by atoms with Crippen LogP contribution in [0.4, 0.5) is 4.39 Å². The van der Waals surface area contributed by atoms with Crippen molar-refractivity contribution in [1.82, 2.24) is 4.90 Å². The molecule has 32 heavy (non-hydrogen) atoms. The van der Waals surface area contributed by atoms with Crippen LogP contribution in [0.1, 0.15) is 44.1 Å². The number of hydrogen-bond acceptors (Lipinski definition) is 5. The molecule has 0 aliphatic heterocycles. The van der Waals surface area contributed by atoms with E-state index >= 15 is 0 Å². The number of ether oxygens (including phenoxy) is 1. The van der Waals surface area contributed by atoms with Gasteiger partial charge >= 0.3 is 10.1 Å². The third-order valence-corrected chi connectivity index (χ3v) is 7.03. The maximum absolute atomic E-state index is 13.0. The molecule has 0 radical (unpaired) electrons. The summed E-state index contributed by atoms with van der Waals surface area (Å²) in [6, 6.07) is 11.0. The van der Waals surface area contributed by atoms with Gasteiger partial charge in [-0.3, -0.25) is 4.79 Å². The quantitative estimate of drug-likeness (QED) is 0.458. The largest absolute Gasteiger partial charge is 0.383 e.